The first-order chi connectivity index (χ1) is 5.77. The molecule has 0 aliphatic carbocycles. The van der Waals surface area contributed by atoms with E-state index in [1.807, 2.05) is 6.92 Å². The van der Waals surface area contributed by atoms with Crippen molar-refractivity contribution >= 4 is 5.95 Å². The second kappa shape index (κ2) is 3.91. The van der Waals surface area contributed by atoms with Gasteiger partial charge in [0.1, 0.15) is 0 Å². The largest absolute Gasteiger partial charge is 0.463 e. The van der Waals surface area contributed by atoms with Crippen LogP contribution in [0.2, 0.25) is 0 Å². The highest BCUT2D eigenvalue weighted by atomic mass is 16.5. The maximum absolute atomic E-state index is 8.60. The van der Waals surface area contributed by atoms with Crippen LogP contribution >= 0.6 is 0 Å². The van der Waals surface area contributed by atoms with Crippen LogP contribution < -0.4 is 10.5 Å². The predicted octanol–water partition coefficient (Wildman–Crippen LogP) is -0.749. The highest BCUT2D eigenvalue weighted by molar-refractivity contribution is 5.18. The van der Waals surface area contributed by atoms with E-state index in [1.54, 1.807) is 0 Å². The minimum atomic E-state index is -0.0148. The summed E-state index contributed by atoms with van der Waals surface area (Å²) in [4.78, 5) is 3.82. The van der Waals surface area contributed by atoms with Gasteiger partial charge >= 0.3 is 6.01 Å². The van der Waals surface area contributed by atoms with Gasteiger partial charge in [-0.2, -0.15) is 4.98 Å². The molecular formula is C6H12N4O2. The number of nitrogens with two attached hydrogens (primary N) is 1. The number of aliphatic hydroxyl groups excluding tert-OH is 1. The fraction of sp³-hybridized carbons (Fsp3) is 0.667. The Morgan fingerprint density at radius 1 is 1.67 bits per heavy atom. The molecule has 0 aliphatic rings. The molecule has 0 aromatic carbocycles. The minimum absolute atomic E-state index is 0.0148. The van der Waals surface area contributed by atoms with Crippen LogP contribution in [0.1, 0.15) is 6.92 Å². The van der Waals surface area contributed by atoms with Crippen molar-refractivity contribution < 1.29 is 9.84 Å². The van der Waals surface area contributed by atoms with Crippen molar-refractivity contribution in [2.45, 2.75) is 13.5 Å². The maximum atomic E-state index is 8.60. The van der Waals surface area contributed by atoms with Crippen LogP contribution in [0, 0.1) is 0 Å². The summed E-state index contributed by atoms with van der Waals surface area (Å²) in [6, 6.07) is 0.253. The van der Waals surface area contributed by atoms with Crippen molar-refractivity contribution in [3.8, 4) is 6.01 Å². The predicted molar refractivity (Wildman–Crippen MR) is 42.7 cm³/mol. The SMILES string of the molecule is CCOc1nc(N)n(CCO)n1. The first-order valence-electron chi connectivity index (χ1n) is 3.72. The van der Waals surface area contributed by atoms with E-state index in [9.17, 15) is 0 Å². The van der Waals surface area contributed by atoms with Crippen LogP contribution in [0.5, 0.6) is 6.01 Å². The number of aliphatic hydroxyl groups is 1. The number of aromatic nitrogens is 3. The average Bonchev–Trinajstić information content (AvgIpc) is 2.34. The van der Waals surface area contributed by atoms with Crippen LogP contribution in [-0.4, -0.2) is 33.1 Å². The maximum Gasteiger partial charge on any atom is 0.337 e. The second-order valence-corrected chi connectivity index (χ2v) is 2.13. The summed E-state index contributed by atoms with van der Waals surface area (Å²) in [6.45, 7) is 2.66. The molecule has 6 heteroatoms. The van der Waals surface area contributed by atoms with E-state index in [0.29, 0.717) is 13.2 Å². The van der Waals surface area contributed by atoms with E-state index in [0.717, 1.165) is 0 Å². The smallest absolute Gasteiger partial charge is 0.337 e. The van der Waals surface area contributed by atoms with E-state index >= 15 is 0 Å². The van der Waals surface area contributed by atoms with Crippen molar-refractivity contribution in [1.29, 1.82) is 0 Å². The van der Waals surface area contributed by atoms with Crippen LogP contribution in [-0.2, 0) is 6.54 Å². The normalized spacial score (nSPS) is 10.2. The molecule has 12 heavy (non-hydrogen) atoms. The molecule has 0 saturated carbocycles. The van der Waals surface area contributed by atoms with Gasteiger partial charge in [0, 0.05) is 0 Å². The molecule has 0 radical (unpaired) electrons. The summed E-state index contributed by atoms with van der Waals surface area (Å²) >= 11 is 0. The standard InChI is InChI=1S/C6H12N4O2/c1-2-12-6-8-5(7)10(9-6)3-4-11/h11H,2-4H2,1H3,(H2,7,8,9). The van der Waals surface area contributed by atoms with E-state index < -0.39 is 0 Å². The summed E-state index contributed by atoms with van der Waals surface area (Å²) < 4.78 is 6.40. The van der Waals surface area contributed by atoms with Crippen molar-refractivity contribution in [2.24, 2.45) is 0 Å². The Kier molecular flexibility index (Phi) is 2.87. The highest BCUT2D eigenvalue weighted by Crippen LogP contribution is 2.06. The Morgan fingerprint density at radius 3 is 3.00 bits per heavy atom. The lowest BCUT2D eigenvalue weighted by atomic mass is 10.7. The molecule has 0 fully saturated rings. The summed E-state index contributed by atoms with van der Waals surface area (Å²) in [7, 11) is 0. The lowest BCUT2D eigenvalue weighted by Crippen LogP contribution is -2.07. The topological polar surface area (TPSA) is 86.2 Å². The second-order valence-electron chi connectivity index (χ2n) is 2.13. The first kappa shape index (κ1) is 8.79. The van der Waals surface area contributed by atoms with Gasteiger partial charge < -0.3 is 15.6 Å². The Bertz CT molecular complexity index is 248. The van der Waals surface area contributed by atoms with Crippen LogP contribution in [0.3, 0.4) is 0 Å². The molecular weight excluding hydrogens is 160 g/mol. The fourth-order valence-electron chi connectivity index (χ4n) is 0.782. The first-order valence-corrected chi connectivity index (χ1v) is 3.72. The zero-order valence-electron chi connectivity index (χ0n) is 6.90. The van der Waals surface area contributed by atoms with Gasteiger partial charge in [-0.05, 0) is 6.92 Å². The lowest BCUT2D eigenvalue weighted by molar-refractivity contribution is 0.265. The molecule has 1 aromatic rings. The monoisotopic (exact) mass is 172 g/mol. The third kappa shape index (κ3) is 1.85. The van der Waals surface area contributed by atoms with E-state index in [2.05, 4.69) is 10.1 Å². The van der Waals surface area contributed by atoms with Gasteiger partial charge in [-0.15, -0.1) is 5.10 Å². The lowest BCUT2D eigenvalue weighted by Gasteiger charge is -1.96. The number of hydrogen-bond donors (Lipinski definition) is 2. The van der Waals surface area contributed by atoms with Crippen LogP contribution in [0.25, 0.3) is 0 Å². The van der Waals surface area contributed by atoms with Gasteiger partial charge in [0.05, 0.1) is 19.8 Å². The molecule has 0 bridgehead atoms. The molecule has 0 aliphatic heterocycles. The van der Waals surface area contributed by atoms with Gasteiger partial charge in [-0.1, -0.05) is 0 Å². The van der Waals surface area contributed by atoms with E-state index in [-0.39, 0.29) is 18.6 Å². The number of anilines is 1. The van der Waals surface area contributed by atoms with Gasteiger partial charge in [-0.25, -0.2) is 4.68 Å². The molecule has 0 unspecified atom stereocenters. The van der Waals surface area contributed by atoms with Crippen molar-refractivity contribution in [2.75, 3.05) is 18.9 Å². The molecule has 1 heterocycles. The Balaban J connectivity index is 2.70. The summed E-state index contributed by atoms with van der Waals surface area (Å²) in [6.07, 6.45) is 0. The summed E-state index contributed by atoms with van der Waals surface area (Å²) in [5.74, 6) is 0.257. The van der Waals surface area contributed by atoms with E-state index in [4.69, 9.17) is 15.6 Å². The Labute approximate surface area is 70.0 Å². The van der Waals surface area contributed by atoms with E-state index in [1.165, 1.54) is 4.68 Å². The van der Waals surface area contributed by atoms with Gasteiger partial charge in [0.25, 0.3) is 0 Å². The van der Waals surface area contributed by atoms with Crippen molar-refractivity contribution in [3.05, 3.63) is 0 Å². The van der Waals surface area contributed by atoms with Gasteiger partial charge in [0.15, 0.2) is 0 Å². The number of nitrogen functional groups attached to an aromatic ring is 1. The Morgan fingerprint density at radius 2 is 2.42 bits per heavy atom. The zero-order valence-corrected chi connectivity index (χ0v) is 6.90. The van der Waals surface area contributed by atoms with Gasteiger partial charge in [0.2, 0.25) is 5.95 Å². The van der Waals surface area contributed by atoms with Crippen LogP contribution in [0.4, 0.5) is 5.95 Å². The number of rotatable bonds is 4. The van der Waals surface area contributed by atoms with Crippen molar-refractivity contribution in [1.82, 2.24) is 14.8 Å². The summed E-state index contributed by atoms with van der Waals surface area (Å²) in [5, 5.41) is 12.5. The number of hydrogen-bond acceptors (Lipinski definition) is 5. The molecule has 3 N–H and O–H groups in total. The quantitative estimate of drug-likeness (QED) is 0.624. The number of ether oxygens (including phenoxy) is 1. The molecule has 0 atom stereocenters. The average molecular weight is 172 g/mol. The molecule has 0 spiro atoms. The molecule has 68 valence electrons. The number of nitrogens with zero attached hydrogens (tertiary/aromatic N) is 3. The minimum Gasteiger partial charge on any atom is -0.463 e. The van der Waals surface area contributed by atoms with Crippen molar-refractivity contribution in [3.63, 3.8) is 0 Å². The third-order valence-electron chi connectivity index (χ3n) is 1.27. The Hall–Kier alpha value is -1.30. The summed E-state index contributed by atoms with van der Waals surface area (Å²) in [5.41, 5.74) is 5.46. The molecule has 1 rings (SSSR count). The fourth-order valence-corrected chi connectivity index (χ4v) is 0.782. The van der Waals surface area contributed by atoms with Crippen LogP contribution in [0.15, 0.2) is 0 Å². The van der Waals surface area contributed by atoms with Gasteiger partial charge in [-0.3, -0.25) is 0 Å². The molecule has 1 aromatic heterocycles. The third-order valence-corrected chi connectivity index (χ3v) is 1.27. The molecule has 0 amide bonds. The molecule has 6 nitrogen and oxygen atoms in total. The zero-order chi connectivity index (χ0) is 8.97. The molecule has 0 saturated heterocycles. The highest BCUT2D eigenvalue weighted by Gasteiger charge is 2.05.